The molecular weight excluding hydrogens is 269 g/mol. The maximum Gasteiger partial charge on any atom is 0.452 e. The summed E-state index contributed by atoms with van der Waals surface area (Å²) in [5.41, 5.74) is -1.55. The maximum atomic E-state index is 12.6. The van der Waals surface area contributed by atoms with Crippen LogP contribution in [0.1, 0.15) is 5.82 Å². The predicted octanol–water partition coefficient (Wildman–Crippen LogP) is 1.49. The van der Waals surface area contributed by atoms with Gasteiger partial charge in [-0.2, -0.15) is 13.2 Å². The van der Waals surface area contributed by atoms with E-state index < -0.39 is 22.6 Å². The van der Waals surface area contributed by atoms with Crippen LogP contribution in [0.15, 0.2) is 29.1 Å². The molecule has 0 radical (unpaired) electrons. The first-order valence-electron chi connectivity index (χ1n) is 4.80. The zero-order valence-electron chi connectivity index (χ0n) is 9.01. The minimum Gasteiger partial charge on any atom is -0.258 e. The number of H-pyrrole nitrogens is 1. The summed E-state index contributed by atoms with van der Waals surface area (Å²) in [4.78, 5) is 21.0. The van der Waals surface area contributed by atoms with Gasteiger partial charge in [-0.05, 0) is 12.1 Å². The normalized spacial score (nSPS) is 11.5. The zero-order valence-corrected chi connectivity index (χ0v) is 9.01. The van der Waals surface area contributed by atoms with Crippen LogP contribution >= 0.6 is 0 Å². The van der Waals surface area contributed by atoms with Gasteiger partial charge in [-0.1, -0.05) is 0 Å². The molecule has 0 aliphatic rings. The van der Waals surface area contributed by atoms with E-state index in [1.807, 2.05) is 0 Å². The molecule has 0 aliphatic carbocycles. The highest BCUT2D eigenvalue weighted by Crippen LogP contribution is 2.28. The summed E-state index contributed by atoms with van der Waals surface area (Å²) in [5.74, 6) is -1.42. The molecule has 19 heavy (non-hydrogen) atoms. The van der Waals surface area contributed by atoms with Crippen LogP contribution in [0.4, 0.5) is 18.9 Å². The topological polar surface area (TPSA) is 93.8 Å². The van der Waals surface area contributed by atoms with Gasteiger partial charge in [0.15, 0.2) is 0 Å². The van der Waals surface area contributed by atoms with Crippen molar-refractivity contribution in [2.45, 2.75) is 6.18 Å². The van der Waals surface area contributed by atoms with Crippen LogP contribution in [0.2, 0.25) is 0 Å². The van der Waals surface area contributed by atoms with Crippen LogP contribution in [0, 0.1) is 10.1 Å². The molecule has 7 nitrogen and oxygen atoms in total. The molecule has 10 heteroatoms. The molecule has 0 saturated heterocycles. The van der Waals surface area contributed by atoms with E-state index in [9.17, 15) is 28.1 Å². The van der Waals surface area contributed by atoms with Crippen molar-refractivity contribution in [2.24, 2.45) is 0 Å². The second-order valence-corrected chi connectivity index (χ2v) is 3.46. The van der Waals surface area contributed by atoms with Gasteiger partial charge in [0.05, 0.1) is 10.6 Å². The van der Waals surface area contributed by atoms with Crippen molar-refractivity contribution in [3.8, 4) is 5.69 Å². The van der Waals surface area contributed by atoms with Crippen LogP contribution in [0.5, 0.6) is 0 Å². The fourth-order valence-corrected chi connectivity index (χ4v) is 1.45. The average molecular weight is 274 g/mol. The lowest BCUT2D eigenvalue weighted by atomic mass is 10.3. The predicted molar refractivity (Wildman–Crippen MR) is 55.8 cm³/mol. The third-order valence-electron chi connectivity index (χ3n) is 2.24. The average Bonchev–Trinajstić information content (AvgIpc) is 2.71. The molecule has 1 aromatic heterocycles. The first-order chi connectivity index (χ1) is 8.80. The molecule has 0 fully saturated rings. The molecule has 0 amide bonds. The number of hydrogen-bond donors (Lipinski definition) is 1. The van der Waals surface area contributed by atoms with Gasteiger partial charge in [0, 0.05) is 12.1 Å². The molecule has 100 valence electrons. The number of nitro groups is 1. The molecule has 2 rings (SSSR count). The summed E-state index contributed by atoms with van der Waals surface area (Å²) < 4.78 is 38.1. The SMILES string of the molecule is O=c1[nH]nc(C(F)(F)F)n1-c1ccc([N+](=O)[O-])cc1. The van der Waals surface area contributed by atoms with E-state index in [2.05, 4.69) is 5.10 Å². The summed E-state index contributed by atoms with van der Waals surface area (Å²) in [6.45, 7) is 0. The molecule has 0 saturated carbocycles. The zero-order chi connectivity index (χ0) is 14.2. The van der Waals surface area contributed by atoms with Gasteiger partial charge < -0.3 is 0 Å². The van der Waals surface area contributed by atoms with E-state index in [0.29, 0.717) is 4.57 Å². The number of non-ortho nitro benzene ring substituents is 1. The van der Waals surface area contributed by atoms with E-state index in [-0.39, 0.29) is 11.4 Å². The van der Waals surface area contributed by atoms with Crippen molar-refractivity contribution in [1.29, 1.82) is 0 Å². The minimum atomic E-state index is -4.82. The Bertz CT molecular complexity index is 671. The van der Waals surface area contributed by atoms with Crippen molar-refractivity contribution >= 4 is 5.69 Å². The molecule has 0 atom stereocenters. The van der Waals surface area contributed by atoms with Crippen LogP contribution in [0.3, 0.4) is 0 Å². The Balaban J connectivity index is 2.56. The number of nitrogens with one attached hydrogen (secondary N) is 1. The first-order valence-corrected chi connectivity index (χ1v) is 4.80. The summed E-state index contributed by atoms with van der Waals surface area (Å²) in [5, 5.41) is 15.0. The molecule has 2 aromatic rings. The summed E-state index contributed by atoms with van der Waals surface area (Å²) in [6.07, 6.45) is -4.82. The number of halogens is 3. The second kappa shape index (κ2) is 4.23. The van der Waals surface area contributed by atoms with Crippen LogP contribution < -0.4 is 5.69 Å². The highest BCUT2D eigenvalue weighted by Gasteiger charge is 2.38. The number of aromatic nitrogens is 3. The van der Waals surface area contributed by atoms with Gasteiger partial charge in [0.25, 0.3) is 5.69 Å². The molecule has 0 unspecified atom stereocenters. The maximum absolute atomic E-state index is 12.6. The Morgan fingerprint density at radius 1 is 1.26 bits per heavy atom. The Morgan fingerprint density at radius 3 is 2.32 bits per heavy atom. The molecular formula is C9H5F3N4O3. The third kappa shape index (κ3) is 2.32. The monoisotopic (exact) mass is 274 g/mol. The Morgan fingerprint density at radius 2 is 1.84 bits per heavy atom. The van der Waals surface area contributed by atoms with Gasteiger partial charge in [-0.25, -0.2) is 14.5 Å². The summed E-state index contributed by atoms with van der Waals surface area (Å²) in [7, 11) is 0. The van der Waals surface area contributed by atoms with E-state index in [1.165, 1.54) is 0 Å². The fraction of sp³-hybridized carbons (Fsp3) is 0.111. The Labute approximate surface area is 102 Å². The number of nitrogens with zero attached hydrogens (tertiary/aromatic N) is 3. The number of alkyl halides is 3. The van der Waals surface area contributed by atoms with Crippen LogP contribution in [0.25, 0.3) is 5.69 Å². The van der Waals surface area contributed by atoms with Crippen molar-refractivity contribution in [2.75, 3.05) is 0 Å². The van der Waals surface area contributed by atoms with Gasteiger partial charge in [-0.3, -0.25) is 10.1 Å². The summed E-state index contributed by atoms with van der Waals surface area (Å²) in [6, 6.07) is 4.05. The minimum absolute atomic E-state index is 0.170. The molecule has 1 heterocycles. The number of aromatic amines is 1. The number of rotatable bonds is 2. The highest BCUT2D eigenvalue weighted by molar-refractivity contribution is 5.41. The highest BCUT2D eigenvalue weighted by atomic mass is 19.4. The van der Waals surface area contributed by atoms with Crippen molar-refractivity contribution < 1.29 is 18.1 Å². The molecule has 0 bridgehead atoms. The van der Waals surface area contributed by atoms with Crippen LogP contribution in [-0.2, 0) is 6.18 Å². The summed E-state index contributed by atoms with van der Waals surface area (Å²) >= 11 is 0. The van der Waals surface area contributed by atoms with E-state index >= 15 is 0 Å². The Hall–Kier alpha value is -2.65. The van der Waals surface area contributed by atoms with E-state index in [1.54, 1.807) is 5.10 Å². The lowest BCUT2D eigenvalue weighted by Gasteiger charge is -2.07. The lowest BCUT2D eigenvalue weighted by Crippen LogP contribution is -2.21. The number of hydrogen-bond acceptors (Lipinski definition) is 4. The number of benzene rings is 1. The largest absolute Gasteiger partial charge is 0.452 e. The van der Waals surface area contributed by atoms with Crippen molar-refractivity contribution in [3.63, 3.8) is 0 Å². The third-order valence-corrected chi connectivity index (χ3v) is 2.24. The lowest BCUT2D eigenvalue weighted by molar-refractivity contribution is -0.384. The van der Waals surface area contributed by atoms with Gasteiger partial charge >= 0.3 is 11.9 Å². The van der Waals surface area contributed by atoms with Gasteiger partial charge in [0.1, 0.15) is 0 Å². The van der Waals surface area contributed by atoms with Gasteiger partial charge in [-0.15, -0.1) is 5.10 Å². The standard InChI is InChI=1S/C9H5F3N4O3/c10-9(11,12)7-13-14-8(17)15(7)5-1-3-6(4-2-5)16(18)19/h1-4H,(H,14,17). The first kappa shape index (κ1) is 12.8. The molecule has 0 aliphatic heterocycles. The molecule has 1 aromatic carbocycles. The van der Waals surface area contributed by atoms with E-state index in [0.717, 1.165) is 24.3 Å². The smallest absolute Gasteiger partial charge is 0.258 e. The second-order valence-electron chi connectivity index (χ2n) is 3.46. The van der Waals surface area contributed by atoms with Crippen molar-refractivity contribution in [3.05, 3.63) is 50.7 Å². The van der Waals surface area contributed by atoms with Crippen LogP contribution in [-0.4, -0.2) is 19.7 Å². The molecule has 1 N–H and O–H groups in total. The van der Waals surface area contributed by atoms with E-state index in [4.69, 9.17) is 0 Å². The Kier molecular flexibility index (Phi) is 2.85. The quantitative estimate of drug-likeness (QED) is 0.663. The molecule has 0 spiro atoms. The van der Waals surface area contributed by atoms with Gasteiger partial charge in [0.2, 0.25) is 5.82 Å². The number of nitro benzene ring substituents is 1. The fourth-order valence-electron chi connectivity index (χ4n) is 1.45. The van der Waals surface area contributed by atoms with Crippen molar-refractivity contribution in [1.82, 2.24) is 14.8 Å².